The van der Waals surface area contributed by atoms with E-state index in [9.17, 15) is 4.79 Å². The molecule has 0 amide bonds. The number of rotatable bonds is 6. The maximum atomic E-state index is 11.4. The first-order chi connectivity index (χ1) is 7.77. The van der Waals surface area contributed by atoms with Crippen LogP contribution in [0.15, 0.2) is 30.3 Å². The molecule has 88 valence electrons. The molecule has 0 saturated heterocycles. The van der Waals surface area contributed by atoms with E-state index in [1.54, 1.807) is 6.92 Å². The van der Waals surface area contributed by atoms with Crippen LogP contribution in [0.1, 0.15) is 18.9 Å². The first kappa shape index (κ1) is 12.7. The minimum absolute atomic E-state index is 0.291. The summed E-state index contributed by atoms with van der Waals surface area (Å²) in [5.41, 5.74) is 3.67. The maximum Gasteiger partial charge on any atom is 0.324 e. The molecule has 0 aromatic heterocycles. The fraction of sp³-hybridized carbons (Fsp3) is 0.417. The van der Waals surface area contributed by atoms with Crippen LogP contribution in [0.4, 0.5) is 0 Å². The van der Waals surface area contributed by atoms with E-state index >= 15 is 0 Å². The normalized spacial score (nSPS) is 12.1. The SMILES string of the molecule is CCOC(=O)[C@@H](CCc1ccccc1)NN. The number of ether oxygens (including phenoxy) is 1. The van der Waals surface area contributed by atoms with E-state index in [1.807, 2.05) is 30.3 Å². The molecule has 0 heterocycles. The molecule has 1 aromatic rings. The van der Waals surface area contributed by atoms with Crippen molar-refractivity contribution in [3.05, 3.63) is 35.9 Å². The Labute approximate surface area is 95.8 Å². The van der Waals surface area contributed by atoms with Gasteiger partial charge < -0.3 is 4.74 Å². The van der Waals surface area contributed by atoms with Crippen LogP contribution in [-0.2, 0) is 16.0 Å². The highest BCUT2D eigenvalue weighted by molar-refractivity contribution is 5.75. The fourth-order valence-corrected chi connectivity index (χ4v) is 1.47. The van der Waals surface area contributed by atoms with E-state index in [1.165, 1.54) is 5.56 Å². The van der Waals surface area contributed by atoms with E-state index < -0.39 is 6.04 Å². The molecule has 1 rings (SSSR count). The van der Waals surface area contributed by atoms with Crippen LogP contribution in [0.2, 0.25) is 0 Å². The van der Waals surface area contributed by atoms with Crippen LogP contribution in [0.5, 0.6) is 0 Å². The van der Waals surface area contributed by atoms with Gasteiger partial charge in [0.05, 0.1) is 6.61 Å². The third-order valence-electron chi connectivity index (χ3n) is 2.34. The Kier molecular flexibility index (Phi) is 5.53. The van der Waals surface area contributed by atoms with Crippen molar-refractivity contribution in [1.29, 1.82) is 0 Å². The molecule has 0 aliphatic heterocycles. The van der Waals surface area contributed by atoms with Gasteiger partial charge in [0.2, 0.25) is 0 Å². The lowest BCUT2D eigenvalue weighted by Crippen LogP contribution is -2.42. The predicted molar refractivity (Wildman–Crippen MR) is 62.5 cm³/mol. The van der Waals surface area contributed by atoms with Crippen LogP contribution >= 0.6 is 0 Å². The van der Waals surface area contributed by atoms with Crippen molar-refractivity contribution in [1.82, 2.24) is 5.43 Å². The van der Waals surface area contributed by atoms with Crippen molar-refractivity contribution in [2.75, 3.05) is 6.61 Å². The lowest BCUT2D eigenvalue weighted by atomic mass is 10.1. The molecule has 0 saturated carbocycles. The fourth-order valence-electron chi connectivity index (χ4n) is 1.47. The van der Waals surface area contributed by atoms with Gasteiger partial charge in [0.1, 0.15) is 6.04 Å². The average molecular weight is 222 g/mol. The molecule has 1 atom stereocenters. The summed E-state index contributed by atoms with van der Waals surface area (Å²) in [5.74, 6) is 5.03. The van der Waals surface area contributed by atoms with Gasteiger partial charge in [0.25, 0.3) is 0 Å². The second kappa shape index (κ2) is 6.98. The predicted octanol–water partition coefficient (Wildman–Crippen LogP) is 1.01. The van der Waals surface area contributed by atoms with E-state index in [0.717, 1.165) is 6.42 Å². The van der Waals surface area contributed by atoms with Crippen LogP contribution < -0.4 is 11.3 Å². The second-order valence-electron chi connectivity index (χ2n) is 3.50. The molecule has 0 bridgehead atoms. The van der Waals surface area contributed by atoms with Crippen molar-refractivity contribution in [2.24, 2.45) is 5.84 Å². The van der Waals surface area contributed by atoms with Crippen molar-refractivity contribution in [3.63, 3.8) is 0 Å². The zero-order valence-corrected chi connectivity index (χ0v) is 9.48. The molecule has 0 aliphatic carbocycles. The van der Waals surface area contributed by atoms with Crippen molar-refractivity contribution in [2.45, 2.75) is 25.8 Å². The molecule has 3 N–H and O–H groups in total. The topological polar surface area (TPSA) is 64.3 Å². The second-order valence-corrected chi connectivity index (χ2v) is 3.50. The Morgan fingerprint density at radius 3 is 2.69 bits per heavy atom. The molecule has 0 spiro atoms. The average Bonchev–Trinajstić information content (AvgIpc) is 2.31. The van der Waals surface area contributed by atoms with Crippen LogP contribution in [0.25, 0.3) is 0 Å². The highest BCUT2D eigenvalue weighted by Gasteiger charge is 2.17. The third kappa shape index (κ3) is 4.00. The van der Waals surface area contributed by atoms with Crippen molar-refractivity contribution < 1.29 is 9.53 Å². The van der Waals surface area contributed by atoms with Crippen LogP contribution in [0.3, 0.4) is 0 Å². The standard InChI is InChI=1S/C12H18N2O2/c1-2-16-12(15)11(14-13)9-8-10-6-4-3-5-7-10/h3-7,11,14H,2,8-9,13H2,1H3/t11-/m1/s1. The number of hydrogen-bond acceptors (Lipinski definition) is 4. The third-order valence-corrected chi connectivity index (χ3v) is 2.34. The summed E-state index contributed by atoms with van der Waals surface area (Å²) in [7, 11) is 0. The van der Waals surface area contributed by atoms with Gasteiger partial charge in [0, 0.05) is 0 Å². The summed E-state index contributed by atoms with van der Waals surface area (Å²) >= 11 is 0. The molecule has 4 heteroatoms. The van der Waals surface area contributed by atoms with E-state index in [-0.39, 0.29) is 5.97 Å². The van der Waals surface area contributed by atoms with E-state index in [0.29, 0.717) is 13.0 Å². The molecule has 1 aromatic carbocycles. The molecular weight excluding hydrogens is 204 g/mol. The van der Waals surface area contributed by atoms with Gasteiger partial charge >= 0.3 is 5.97 Å². The van der Waals surface area contributed by atoms with E-state index in [4.69, 9.17) is 10.6 Å². The van der Waals surface area contributed by atoms with Gasteiger partial charge in [-0.05, 0) is 25.3 Å². The summed E-state index contributed by atoms with van der Waals surface area (Å²) in [6.07, 6.45) is 1.44. The number of hydrazine groups is 1. The van der Waals surface area contributed by atoms with E-state index in [2.05, 4.69) is 5.43 Å². The summed E-state index contributed by atoms with van der Waals surface area (Å²) in [5, 5.41) is 0. The van der Waals surface area contributed by atoms with Gasteiger partial charge in [-0.2, -0.15) is 0 Å². The highest BCUT2D eigenvalue weighted by atomic mass is 16.5. The number of hydrogen-bond donors (Lipinski definition) is 2. The summed E-state index contributed by atoms with van der Waals surface area (Å²) < 4.78 is 4.90. The summed E-state index contributed by atoms with van der Waals surface area (Å²) in [4.78, 5) is 11.4. The number of nitrogens with two attached hydrogens (primary N) is 1. The summed E-state index contributed by atoms with van der Waals surface area (Å²) in [6, 6.07) is 9.54. The monoisotopic (exact) mass is 222 g/mol. The minimum atomic E-state index is -0.430. The molecular formula is C12H18N2O2. The smallest absolute Gasteiger partial charge is 0.324 e. The van der Waals surface area contributed by atoms with Crippen LogP contribution in [-0.4, -0.2) is 18.6 Å². The van der Waals surface area contributed by atoms with Crippen molar-refractivity contribution in [3.8, 4) is 0 Å². The van der Waals surface area contributed by atoms with Crippen LogP contribution in [0, 0.1) is 0 Å². The highest BCUT2D eigenvalue weighted by Crippen LogP contribution is 2.05. The number of nitrogens with one attached hydrogen (secondary N) is 1. The Hall–Kier alpha value is -1.39. The lowest BCUT2D eigenvalue weighted by molar-refractivity contribution is -0.145. The number of carbonyl (C=O) groups is 1. The number of carbonyl (C=O) groups excluding carboxylic acids is 1. The zero-order valence-electron chi connectivity index (χ0n) is 9.48. The Bertz CT molecular complexity index is 314. The molecule has 4 nitrogen and oxygen atoms in total. The van der Waals surface area contributed by atoms with Gasteiger partial charge in [-0.25, -0.2) is 5.43 Å². The molecule has 0 unspecified atom stereocenters. The number of benzene rings is 1. The van der Waals surface area contributed by atoms with Gasteiger partial charge in [-0.1, -0.05) is 30.3 Å². The Morgan fingerprint density at radius 2 is 2.12 bits per heavy atom. The quantitative estimate of drug-likeness (QED) is 0.428. The number of esters is 1. The molecule has 16 heavy (non-hydrogen) atoms. The zero-order chi connectivity index (χ0) is 11.8. The first-order valence-corrected chi connectivity index (χ1v) is 5.44. The Balaban J connectivity index is 2.43. The summed E-state index contributed by atoms with van der Waals surface area (Å²) in [6.45, 7) is 2.16. The van der Waals surface area contributed by atoms with Gasteiger partial charge in [-0.3, -0.25) is 10.6 Å². The first-order valence-electron chi connectivity index (χ1n) is 5.44. The maximum absolute atomic E-state index is 11.4. The molecule has 0 radical (unpaired) electrons. The van der Waals surface area contributed by atoms with Gasteiger partial charge in [-0.15, -0.1) is 0 Å². The van der Waals surface area contributed by atoms with Crippen molar-refractivity contribution >= 4 is 5.97 Å². The Morgan fingerprint density at radius 1 is 1.44 bits per heavy atom. The van der Waals surface area contributed by atoms with Gasteiger partial charge in [0.15, 0.2) is 0 Å². The molecule has 0 aliphatic rings. The lowest BCUT2D eigenvalue weighted by Gasteiger charge is -2.13. The largest absolute Gasteiger partial charge is 0.465 e. The number of aryl methyl sites for hydroxylation is 1. The molecule has 0 fully saturated rings. The minimum Gasteiger partial charge on any atom is -0.465 e.